The quantitative estimate of drug-likeness (QED) is 0.883. The van der Waals surface area contributed by atoms with Gasteiger partial charge in [0.15, 0.2) is 5.76 Å². The first-order valence-corrected chi connectivity index (χ1v) is 6.04. The van der Waals surface area contributed by atoms with Crippen LogP contribution in [0.4, 0.5) is 0 Å². The number of aryl methyl sites for hydroxylation is 2. The van der Waals surface area contributed by atoms with Gasteiger partial charge in [-0.15, -0.1) is 0 Å². The lowest BCUT2D eigenvalue weighted by Crippen LogP contribution is -2.33. The SMILES string of the molecule is Cc1ccoc1C(=O)NC(C)CCc1ccco1. The Bertz CT molecular complexity index is 499. The average Bonchev–Trinajstić information content (AvgIpc) is 2.97. The zero-order valence-electron chi connectivity index (χ0n) is 10.6. The molecule has 0 aliphatic heterocycles. The summed E-state index contributed by atoms with van der Waals surface area (Å²) >= 11 is 0. The van der Waals surface area contributed by atoms with Crippen molar-refractivity contribution < 1.29 is 13.6 Å². The van der Waals surface area contributed by atoms with Crippen LogP contribution in [0.15, 0.2) is 39.6 Å². The zero-order chi connectivity index (χ0) is 13.0. The van der Waals surface area contributed by atoms with Gasteiger partial charge in [0.25, 0.3) is 5.91 Å². The molecule has 18 heavy (non-hydrogen) atoms. The third-order valence-electron chi connectivity index (χ3n) is 2.85. The third kappa shape index (κ3) is 3.03. The van der Waals surface area contributed by atoms with E-state index in [4.69, 9.17) is 8.83 Å². The minimum absolute atomic E-state index is 0.0760. The molecule has 0 aliphatic rings. The van der Waals surface area contributed by atoms with E-state index in [1.165, 1.54) is 6.26 Å². The van der Waals surface area contributed by atoms with Crippen molar-refractivity contribution in [1.29, 1.82) is 0 Å². The molecule has 1 N–H and O–H groups in total. The second-order valence-electron chi connectivity index (χ2n) is 4.43. The lowest BCUT2D eigenvalue weighted by molar-refractivity contribution is 0.0909. The summed E-state index contributed by atoms with van der Waals surface area (Å²) in [5.41, 5.74) is 0.853. The van der Waals surface area contributed by atoms with Gasteiger partial charge < -0.3 is 14.2 Å². The predicted octanol–water partition coefficient (Wildman–Crippen LogP) is 2.93. The van der Waals surface area contributed by atoms with Gasteiger partial charge >= 0.3 is 0 Å². The molecule has 0 fully saturated rings. The van der Waals surface area contributed by atoms with E-state index in [-0.39, 0.29) is 11.9 Å². The molecule has 0 spiro atoms. The number of carbonyl (C=O) groups excluding carboxylic acids is 1. The van der Waals surface area contributed by atoms with Gasteiger partial charge in [-0.05, 0) is 38.5 Å². The maximum Gasteiger partial charge on any atom is 0.287 e. The molecule has 1 amide bonds. The van der Waals surface area contributed by atoms with Crippen LogP contribution in [0.3, 0.4) is 0 Å². The van der Waals surface area contributed by atoms with Crippen LogP contribution in [-0.4, -0.2) is 11.9 Å². The van der Waals surface area contributed by atoms with E-state index >= 15 is 0 Å². The molecule has 0 aliphatic carbocycles. The monoisotopic (exact) mass is 247 g/mol. The van der Waals surface area contributed by atoms with Crippen molar-refractivity contribution >= 4 is 5.91 Å². The summed E-state index contributed by atoms with van der Waals surface area (Å²) in [6.07, 6.45) is 4.83. The molecule has 0 saturated heterocycles. The van der Waals surface area contributed by atoms with Gasteiger partial charge in [0.1, 0.15) is 5.76 Å². The molecule has 1 atom stereocenters. The van der Waals surface area contributed by atoms with Gasteiger partial charge in [-0.1, -0.05) is 0 Å². The number of rotatable bonds is 5. The van der Waals surface area contributed by atoms with Crippen LogP contribution in [0, 0.1) is 6.92 Å². The van der Waals surface area contributed by atoms with Crippen molar-refractivity contribution in [2.75, 3.05) is 0 Å². The summed E-state index contributed by atoms with van der Waals surface area (Å²) in [4.78, 5) is 11.9. The first-order valence-electron chi connectivity index (χ1n) is 6.04. The number of carbonyl (C=O) groups is 1. The minimum Gasteiger partial charge on any atom is -0.469 e. The minimum atomic E-state index is -0.163. The Balaban J connectivity index is 1.82. The largest absolute Gasteiger partial charge is 0.469 e. The Morgan fingerprint density at radius 3 is 2.78 bits per heavy atom. The van der Waals surface area contributed by atoms with Crippen molar-refractivity contribution in [2.24, 2.45) is 0 Å². The summed E-state index contributed by atoms with van der Waals surface area (Å²) in [6.45, 7) is 3.82. The van der Waals surface area contributed by atoms with E-state index in [0.717, 1.165) is 24.2 Å². The van der Waals surface area contributed by atoms with E-state index in [1.54, 1.807) is 12.3 Å². The Morgan fingerprint density at radius 1 is 1.33 bits per heavy atom. The van der Waals surface area contributed by atoms with Crippen LogP contribution in [0.2, 0.25) is 0 Å². The fourth-order valence-electron chi connectivity index (χ4n) is 1.78. The highest BCUT2D eigenvalue weighted by molar-refractivity contribution is 5.92. The van der Waals surface area contributed by atoms with E-state index in [2.05, 4.69) is 5.32 Å². The summed E-state index contributed by atoms with van der Waals surface area (Å²) < 4.78 is 10.4. The van der Waals surface area contributed by atoms with Crippen molar-refractivity contribution in [1.82, 2.24) is 5.32 Å². The molecule has 2 aromatic heterocycles. The lowest BCUT2D eigenvalue weighted by atomic mass is 10.1. The number of furan rings is 2. The van der Waals surface area contributed by atoms with E-state index in [0.29, 0.717) is 5.76 Å². The van der Waals surface area contributed by atoms with Gasteiger partial charge in [0, 0.05) is 18.0 Å². The van der Waals surface area contributed by atoms with E-state index < -0.39 is 0 Å². The Morgan fingerprint density at radius 2 is 2.17 bits per heavy atom. The summed E-state index contributed by atoms with van der Waals surface area (Å²) in [5, 5.41) is 2.91. The first-order chi connectivity index (χ1) is 8.66. The molecule has 2 heterocycles. The standard InChI is InChI=1S/C14H17NO3/c1-10-7-9-18-13(10)14(16)15-11(2)5-6-12-4-3-8-17-12/h3-4,7-9,11H,5-6H2,1-2H3,(H,15,16). The number of hydrogen-bond donors (Lipinski definition) is 1. The predicted molar refractivity (Wildman–Crippen MR) is 67.4 cm³/mol. The third-order valence-corrected chi connectivity index (χ3v) is 2.85. The summed E-state index contributed by atoms with van der Waals surface area (Å²) in [6, 6.07) is 5.66. The highest BCUT2D eigenvalue weighted by atomic mass is 16.3. The van der Waals surface area contributed by atoms with Gasteiger partial charge in [0.05, 0.1) is 12.5 Å². The number of amides is 1. The van der Waals surface area contributed by atoms with Gasteiger partial charge in [0.2, 0.25) is 0 Å². The summed E-state index contributed by atoms with van der Waals surface area (Å²) in [5.74, 6) is 1.16. The van der Waals surface area contributed by atoms with Crippen molar-refractivity contribution in [3.05, 3.63) is 47.8 Å². The van der Waals surface area contributed by atoms with Crippen molar-refractivity contribution in [2.45, 2.75) is 32.7 Å². The van der Waals surface area contributed by atoms with E-state index in [1.807, 2.05) is 26.0 Å². The Hall–Kier alpha value is -1.97. The molecular weight excluding hydrogens is 230 g/mol. The zero-order valence-corrected chi connectivity index (χ0v) is 10.6. The molecule has 4 nitrogen and oxygen atoms in total. The Kier molecular flexibility index (Phi) is 3.87. The second-order valence-corrected chi connectivity index (χ2v) is 4.43. The molecule has 0 bridgehead atoms. The second kappa shape index (κ2) is 5.58. The van der Waals surface area contributed by atoms with Crippen LogP contribution >= 0.6 is 0 Å². The first kappa shape index (κ1) is 12.5. The van der Waals surface area contributed by atoms with Crippen LogP contribution in [0.1, 0.15) is 35.2 Å². The maximum atomic E-state index is 11.9. The van der Waals surface area contributed by atoms with Crippen LogP contribution in [0.5, 0.6) is 0 Å². The fraction of sp³-hybridized carbons (Fsp3) is 0.357. The van der Waals surface area contributed by atoms with E-state index in [9.17, 15) is 4.79 Å². The molecule has 0 radical (unpaired) electrons. The van der Waals surface area contributed by atoms with Crippen molar-refractivity contribution in [3.8, 4) is 0 Å². The number of hydrogen-bond acceptors (Lipinski definition) is 3. The van der Waals surface area contributed by atoms with Gasteiger partial charge in [-0.2, -0.15) is 0 Å². The Labute approximate surface area is 106 Å². The highest BCUT2D eigenvalue weighted by Crippen LogP contribution is 2.10. The molecule has 4 heteroatoms. The number of nitrogens with one attached hydrogen (secondary N) is 1. The molecular formula is C14H17NO3. The van der Waals surface area contributed by atoms with Crippen LogP contribution < -0.4 is 5.32 Å². The smallest absolute Gasteiger partial charge is 0.287 e. The highest BCUT2D eigenvalue weighted by Gasteiger charge is 2.15. The lowest BCUT2D eigenvalue weighted by Gasteiger charge is -2.12. The maximum absolute atomic E-state index is 11.9. The molecule has 0 aromatic carbocycles. The topological polar surface area (TPSA) is 55.4 Å². The van der Waals surface area contributed by atoms with Crippen LogP contribution in [0.25, 0.3) is 0 Å². The normalized spacial score (nSPS) is 12.3. The molecule has 2 rings (SSSR count). The van der Waals surface area contributed by atoms with Gasteiger partial charge in [-0.3, -0.25) is 4.79 Å². The molecule has 1 unspecified atom stereocenters. The van der Waals surface area contributed by atoms with Crippen molar-refractivity contribution in [3.63, 3.8) is 0 Å². The summed E-state index contributed by atoms with van der Waals surface area (Å²) in [7, 11) is 0. The van der Waals surface area contributed by atoms with Crippen LogP contribution in [-0.2, 0) is 6.42 Å². The van der Waals surface area contributed by atoms with Gasteiger partial charge in [-0.25, -0.2) is 0 Å². The fourth-order valence-corrected chi connectivity index (χ4v) is 1.78. The molecule has 2 aromatic rings. The molecule has 96 valence electrons. The average molecular weight is 247 g/mol. The molecule has 0 saturated carbocycles.